The Morgan fingerprint density at radius 1 is 0.700 bits per heavy atom. The molecule has 0 heterocycles. The van der Waals surface area contributed by atoms with Crippen LogP contribution in [-0.2, 0) is 0 Å². The third-order valence-electron chi connectivity index (χ3n) is 2.55. The van der Waals surface area contributed by atoms with E-state index in [2.05, 4.69) is 0 Å². The monoisotopic (exact) mass is 144 g/mol. The van der Waals surface area contributed by atoms with Gasteiger partial charge in [0.05, 0.1) is 0 Å². The van der Waals surface area contributed by atoms with Crippen LogP contribution in [0.25, 0.3) is 0 Å². The zero-order valence-corrected chi connectivity index (χ0v) is 6.20. The minimum absolute atomic E-state index is 0.0370. The number of hydrogen-bond acceptors (Lipinski definition) is 4. The fourth-order valence-corrected chi connectivity index (χ4v) is 1.47. The highest BCUT2D eigenvalue weighted by molar-refractivity contribution is 5.05. The lowest BCUT2D eigenvalue weighted by Gasteiger charge is -2.14. The van der Waals surface area contributed by atoms with Crippen LogP contribution >= 0.6 is 0 Å². The Hall–Kier alpha value is -0.160. The highest BCUT2D eigenvalue weighted by Crippen LogP contribution is 2.20. The average molecular weight is 144 g/mol. The van der Waals surface area contributed by atoms with Gasteiger partial charge in [0.1, 0.15) is 0 Å². The van der Waals surface area contributed by atoms with Crippen molar-refractivity contribution in [2.45, 2.75) is 31.1 Å². The van der Waals surface area contributed by atoms with E-state index in [1.165, 1.54) is 0 Å². The first kappa shape index (κ1) is 7.94. The van der Waals surface area contributed by atoms with Crippen molar-refractivity contribution in [3.63, 3.8) is 0 Å². The molecule has 1 fully saturated rings. The Bertz CT molecular complexity index is 82.1. The summed E-state index contributed by atoms with van der Waals surface area (Å²) in [4.78, 5) is 0. The molecule has 4 heteroatoms. The van der Waals surface area contributed by atoms with Gasteiger partial charge in [0, 0.05) is 24.2 Å². The molecule has 0 bridgehead atoms. The van der Waals surface area contributed by atoms with Gasteiger partial charge in [-0.05, 0) is 5.92 Å². The van der Waals surface area contributed by atoms with E-state index in [1.807, 2.05) is 6.92 Å². The molecule has 0 spiro atoms. The molecule has 0 saturated heterocycles. The fraction of sp³-hybridized carbons (Fsp3) is 1.00. The SMILES string of the molecule is CC1C(N)C(N)C(N)C1N. The van der Waals surface area contributed by atoms with Crippen LogP contribution in [0.15, 0.2) is 0 Å². The molecule has 4 unspecified atom stereocenters. The summed E-state index contributed by atoms with van der Waals surface area (Å²) in [6.07, 6.45) is 0. The first-order valence-electron chi connectivity index (χ1n) is 3.58. The Kier molecular flexibility index (Phi) is 1.96. The normalized spacial score (nSPS) is 55.5. The van der Waals surface area contributed by atoms with Gasteiger partial charge in [-0.1, -0.05) is 6.92 Å². The average Bonchev–Trinajstić information content (AvgIpc) is 2.07. The van der Waals surface area contributed by atoms with E-state index in [0.29, 0.717) is 0 Å². The highest BCUT2D eigenvalue weighted by atomic mass is 15.0. The molecule has 0 aromatic carbocycles. The maximum atomic E-state index is 5.72. The van der Waals surface area contributed by atoms with Gasteiger partial charge in [-0.15, -0.1) is 0 Å². The smallest absolute Gasteiger partial charge is 0.0364 e. The lowest BCUT2D eigenvalue weighted by atomic mass is 10.0. The molecule has 0 aromatic heterocycles. The van der Waals surface area contributed by atoms with Crippen LogP contribution < -0.4 is 22.9 Å². The molecule has 1 aliphatic rings. The molecule has 0 aliphatic heterocycles. The van der Waals surface area contributed by atoms with Crippen molar-refractivity contribution < 1.29 is 0 Å². The van der Waals surface area contributed by atoms with Crippen LogP contribution in [0.3, 0.4) is 0 Å². The van der Waals surface area contributed by atoms with Crippen molar-refractivity contribution in [1.82, 2.24) is 0 Å². The first-order valence-corrected chi connectivity index (χ1v) is 3.58. The second kappa shape index (κ2) is 2.47. The van der Waals surface area contributed by atoms with Crippen molar-refractivity contribution >= 4 is 0 Å². The summed E-state index contributed by atoms with van der Waals surface area (Å²) in [5.74, 6) is 0.241. The maximum Gasteiger partial charge on any atom is 0.0364 e. The molecule has 4 atom stereocenters. The minimum atomic E-state index is -0.134. The third-order valence-corrected chi connectivity index (χ3v) is 2.55. The van der Waals surface area contributed by atoms with E-state index in [4.69, 9.17) is 22.9 Å². The summed E-state index contributed by atoms with van der Waals surface area (Å²) in [6, 6.07) is -0.343. The van der Waals surface area contributed by atoms with E-state index in [9.17, 15) is 0 Å². The molecule has 1 aliphatic carbocycles. The Labute approximate surface area is 60.9 Å². The first-order chi connectivity index (χ1) is 4.55. The summed E-state index contributed by atoms with van der Waals surface area (Å²) in [6.45, 7) is 1.99. The predicted molar refractivity (Wildman–Crippen MR) is 41.1 cm³/mol. The van der Waals surface area contributed by atoms with Gasteiger partial charge in [-0.25, -0.2) is 0 Å². The molecule has 0 amide bonds. The van der Waals surface area contributed by atoms with E-state index in [1.54, 1.807) is 0 Å². The van der Waals surface area contributed by atoms with Crippen LogP contribution in [0, 0.1) is 5.92 Å². The lowest BCUT2D eigenvalue weighted by Crippen LogP contribution is -2.50. The Balaban J connectivity index is 2.68. The fourth-order valence-electron chi connectivity index (χ4n) is 1.47. The standard InChI is InChI=1S/C6H16N4/c1-2-3(7)5(9)6(10)4(2)8/h2-6H,7-10H2,1H3. The number of rotatable bonds is 0. The molecular formula is C6H16N4. The van der Waals surface area contributed by atoms with Gasteiger partial charge in [0.25, 0.3) is 0 Å². The zero-order valence-electron chi connectivity index (χ0n) is 6.20. The molecule has 0 aromatic rings. The van der Waals surface area contributed by atoms with Gasteiger partial charge in [-0.2, -0.15) is 0 Å². The van der Waals surface area contributed by atoms with E-state index >= 15 is 0 Å². The van der Waals surface area contributed by atoms with Crippen LogP contribution in [-0.4, -0.2) is 24.2 Å². The van der Waals surface area contributed by atoms with Crippen molar-refractivity contribution in [1.29, 1.82) is 0 Å². The molecule has 60 valence electrons. The molecule has 8 N–H and O–H groups in total. The summed E-state index contributed by atoms with van der Waals surface area (Å²) < 4.78 is 0. The van der Waals surface area contributed by atoms with Gasteiger partial charge in [-0.3, -0.25) is 0 Å². The van der Waals surface area contributed by atoms with E-state index in [0.717, 1.165) is 0 Å². The van der Waals surface area contributed by atoms with Gasteiger partial charge in [0.15, 0.2) is 0 Å². The van der Waals surface area contributed by atoms with E-state index < -0.39 is 0 Å². The quantitative estimate of drug-likeness (QED) is 0.314. The largest absolute Gasteiger partial charge is 0.326 e. The number of hydrogen-bond donors (Lipinski definition) is 4. The topological polar surface area (TPSA) is 104 Å². The van der Waals surface area contributed by atoms with Gasteiger partial charge in [0.2, 0.25) is 0 Å². The zero-order chi connectivity index (χ0) is 7.89. The lowest BCUT2D eigenvalue weighted by molar-refractivity contribution is 0.461. The molecule has 4 nitrogen and oxygen atoms in total. The number of nitrogens with two attached hydrogens (primary N) is 4. The van der Waals surface area contributed by atoms with E-state index in [-0.39, 0.29) is 30.1 Å². The Morgan fingerprint density at radius 3 is 1.10 bits per heavy atom. The minimum Gasteiger partial charge on any atom is -0.326 e. The summed E-state index contributed by atoms with van der Waals surface area (Å²) in [5.41, 5.74) is 22.8. The van der Waals surface area contributed by atoms with Crippen molar-refractivity contribution in [2.24, 2.45) is 28.9 Å². The highest BCUT2D eigenvalue weighted by Gasteiger charge is 2.40. The van der Waals surface area contributed by atoms with Crippen molar-refractivity contribution in [3.05, 3.63) is 0 Å². The second-order valence-corrected chi connectivity index (χ2v) is 3.17. The molecule has 1 saturated carbocycles. The van der Waals surface area contributed by atoms with Gasteiger partial charge < -0.3 is 22.9 Å². The van der Waals surface area contributed by atoms with Crippen molar-refractivity contribution in [2.75, 3.05) is 0 Å². The predicted octanol–water partition coefficient (Wildman–Crippen LogP) is -2.05. The van der Waals surface area contributed by atoms with Crippen molar-refractivity contribution in [3.8, 4) is 0 Å². The Morgan fingerprint density at radius 2 is 1.00 bits per heavy atom. The second-order valence-electron chi connectivity index (χ2n) is 3.17. The molecule has 1 rings (SSSR count). The van der Waals surface area contributed by atoms with Crippen LogP contribution in [0.1, 0.15) is 6.92 Å². The molecule has 0 radical (unpaired) electrons. The third kappa shape index (κ3) is 0.932. The molecule has 10 heavy (non-hydrogen) atoms. The van der Waals surface area contributed by atoms with Crippen LogP contribution in [0.2, 0.25) is 0 Å². The summed E-state index contributed by atoms with van der Waals surface area (Å²) >= 11 is 0. The van der Waals surface area contributed by atoms with Gasteiger partial charge >= 0.3 is 0 Å². The maximum absolute atomic E-state index is 5.72. The van der Waals surface area contributed by atoms with Crippen LogP contribution in [0.5, 0.6) is 0 Å². The molecular weight excluding hydrogens is 128 g/mol. The van der Waals surface area contributed by atoms with Crippen LogP contribution in [0.4, 0.5) is 0 Å². The summed E-state index contributed by atoms with van der Waals surface area (Å²) in [5, 5.41) is 0. The summed E-state index contributed by atoms with van der Waals surface area (Å²) in [7, 11) is 0.